The fourth-order valence-electron chi connectivity index (χ4n) is 3.24. The number of aromatic nitrogens is 1. The highest BCUT2D eigenvalue weighted by molar-refractivity contribution is 5.92. The molecule has 1 saturated heterocycles. The topological polar surface area (TPSA) is 39.6 Å². The Balaban J connectivity index is 1.99. The fourth-order valence-corrected chi connectivity index (χ4v) is 3.24. The van der Waals surface area contributed by atoms with Crippen LogP contribution in [-0.4, -0.2) is 47.2 Å². The van der Waals surface area contributed by atoms with Crippen LogP contribution in [0.25, 0.3) is 10.9 Å². The number of pyridine rings is 1. The quantitative estimate of drug-likeness (QED) is 0.939. The molecule has 1 aromatic carbocycles. The number of rotatable bonds is 3. The van der Waals surface area contributed by atoms with Gasteiger partial charge in [0.15, 0.2) is 0 Å². The molecule has 1 aliphatic rings. The molecule has 0 spiro atoms. The van der Waals surface area contributed by atoms with Gasteiger partial charge < -0.3 is 10.0 Å². The molecule has 4 nitrogen and oxygen atoms in total. The Morgan fingerprint density at radius 2 is 2.10 bits per heavy atom. The van der Waals surface area contributed by atoms with Gasteiger partial charge in [0.2, 0.25) is 0 Å². The molecular formula is C17H23N3O. The predicted molar refractivity (Wildman–Crippen MR) is 86.6 cm³/mol. The number of anilines is 1. The van der Waals surface area contributed by atoms with Crippen LogP contribution < -0.4 is 4.90 Å². The largest absolute Gasteiger partial charge is 0.390 e. The average Bonchev–Trinajstić information content (AvgIpc) is 2.53. The van der Waals surface area contributed by atoms with E-state index in [1.54, 1.807) is 0 Å². The molecule has 1 aromatic heterocycles. The number of aliphatic hydroxyl groups is 1. The second kappa shape index (κ2) is 6.00. The number of hydrogen-bond donors (Lipinski definition) is 1. The first-order valence-electron chi connectivity index (χ1n) is 7.71. The Morgan fingerprint density at radius 3 is 2.81 bits per heavy atom. The van der Waals surface area contributed by atoms with Crippen molar-refractivity contribution in [1.82, 2.24) is 9.88 Å². The number of nitrogens with zero attached hydrogens (tertiary/aromatic N) is 3. The summed E-state index contributed by atoms with van der Waals surface area (Å²) in [5.74, 6) is 0. The summed E-state index contributed by atoms with van der Waals surface area (Å²) >= 11 is 0. The molecule has 0 radical (unpaired) electrons. The van der Waals surface area contributed by atoms with Crippen molar-refractivity contribution >= 4 is 16.6 Å². The molecule has 1 atom stereocenters. The standard InChI is InChI=1S/C17H23N3O/c1-3-19-8-9-20(11-13(19)2)17-10-14(12-21)18-16-7-5-4-6-15(16)17/h4-7,10,13,21H,3,8-9,11-12H2,1-2H3. The summed E-state index contributed by atoms with van der Waals surface area (Å²) in [6, 6.07) is 10.8. The van der Waals surface area contributed by atoms with Gasteiger partial charge in [-0.2, -0.15) is 0 Å². The van der Waals surface area contributed by atoms with Crippen LogP contribution in [0.2, 0.25) is 0 Å². The van der Waals surface area contributed by atoms with Gasteiger partial charge >= 0.3 is 0 Å². The number of hydrogen-bond acceptors (Lipinski definition) is 4. The Hall–Kier alpha value is -1.65. The Kier molecular flexibility index (Phi) is 4.08. The van der Waals surface area contributed by atoms with E-state index in [2.05, 4.69) is 40.8 Å². The minimum atomic E-state index is -0.0116. The second-order valence-corrected chi connectivity index (χ2v) is 5.73. The molecule has 4 heteroatoms. The van der Waals surface area contributed by atoms with Crippen molar-refractivity contribution in [2.24, 2.45) is 0 Å². The molecule has 0 amide bonds. The van der Waals surface area contributed by atoms with Gasteiger partial charge in [-0.1, -0.05) is 25.1 Å². The van der Waals surface area contributed by atoms with Crippen molar-refractivity contribution in [2.45, 2.75) is 26.5 Å². The molecule has 1 unspecified atom stereocenters. The molecule has 2 heterocycles. The van der Waals surface area contributed by atoms with E-state index in [1.165, 1.54) is 11.1 Å². The Bertz CT molecular complexity index is 628. The summed E-state index contributed by atoms with van der Waals surface area (Å²) in [6.45, 7) is 8.73. The minimum Gasteiger partial charge on any atom is -0.390 e. The maximum Gasteiger partial charge on any atom is 0.0854 e. The number of aliphatic hydroxyl groups excluding tert-OH is 1. The molecule has 1 fully saturated rings. The molecule has 112 valence electrons. The van der Waals surface area contributed by atoms with E-state index in [1.807, 2.05) is 18.2 Å². The highest BCUT2D eigenvalue weighted by Gasteiger charge is 2.23. The monoisotopic (exact) mass is 285 g/mol. The normalized spacial score (nSPS) is 20.1. The third kappa shape index (κ3) is 2.74. The Labute approximate surface area is 126 Å². The maximum absolute atomic E-state index is 9.46. The number of piperazine rings is 1. The van der Waals surface area contributed by atoms with Gasteiger partial charge in [-0.05, 0) is 25.6 Å². The van der Waals surface area contributed by atoms with E-state index in [-0.39, 0.29) is 6.61 Å². The van der Waals surface area contributed by atoms with Crippen LogP contribution in [0.15, 0.2) is 30.3 Å². The first kappa shape index (κ1) is 14.3. The average molecular weight is 285 g/mol. The first-order valence-corrected chi connectivity index (χ1v) is 7.71. The summed E-state index contributed by atoms with van der Waals surface area (Å²) in [6.07, 6.45) is 0. The third-order valence-corrected chi connectivity index (χ3v) is 4.42. The van der Waals surface area contributed by atoms with Crippen molar-refractivity contribution in [3.63, 3.8) is 0 Å². The van der Waals surface area contributed by atoms with E-state index < -0.39 is 0 Å². The SMILES string of the molecule is CCN1CCN(c2cc(CO)nc3ccccc23)CC1C. The first-order chi connectivity index (χ1) is 10.2. The molecule has 0 aliphatic carbocycles. The number of likely N-dealkylation sites (N-methyl/N-ethyl adjacent to an activating group) is 1. The van der Waals surface area contributed by atoms with Gasteiger partial charge in [-0.25, -0.2) is 0 Å². The minimum absolute atomic E-state index is 0.0116. The van der Waals surface area contributed by atoms with Gasteiger partial charge in [-0.15, -0.1) is 0 Å². The summed E-state index contributed by atoms with van der Waals surface area (Å²) in [4.78, 5) is 9.45. The van der Waals surface area contributed by atoms with Gasteiger partial charge in [0.05, 0.1) is 17.8 Å². The van der Waals surface area contributed by atoms with Gasteiger partial charge in [0.25, 0.3) is 0 Å². The van der Waals surface area contributed by atoms with Crippen LogP contribution >= 0.6 is 0 Å². The highest BCUT2D eigenvalue weighted by Crippen LogP contribution is 2.28. The van der Waals surface area contributed by atoms with Gasteiger partial charge in [0.1, 0.15) is 0 Å². The Morgan fingerprint density at radius 1 is 1.29 bits per heavy atom. The number of para-hydroxylation sites is 1. The van der Waals surface area contributed by atoms with E-state index in [0.717, 1.165) is 37.4 Å². The molecule has 3 rings (SSSR count). The van der Waals surface area contributed by atoms with Crippen molar-refractivity contribution in [1.29, 1.82) is 0 Å². The lowest BCUT2D eigenvalue weighted by Gasteiger charge is -2.41. The smallest absolute Gasteiger partial charge is 0.0854 e. The summed E-state index contributed by atoms with van der Waals surface area (Å²) in [7, 11) is 0. The van der Waals surface area contributed by atoms with Crippen molar-refractivity contribution < 1.29 is 5.11 Å². The highest BCUT2D eigenvalue weighted by atomic mass is 16.3. The third-order valence-electron chi connectivity index (χ3n) is 4.42. The summed E-state index contributed by atoms with van der Waals surface area (Å²) < 4.78 is 0. The van der Waals surface area contributed by atoms with Crippen LogP contribution in [0.1, 0.15) is 19.5 Å². The number of benzene rings is 1. The molecule has 1 N–H and O–H groups in total. The summed E-state index contributed by atoms with van der Waals surface area (Å²) in [5, 5.41) is 10.6. The maximum atomic E-state index is 9.46. The van der Waals surface area contributed by atoms with Crippen molar-refractivity contribution in [3.8, 4) is 0 Å². The fraction of sp³-hybridized carbons (Fsp3) is 0.471. The second-order valence-electron chi connectivity index (χ2n) is 5.73. The van der Waals surface area contributed by atoms with Gasteiger partial charge in [-0.3, -0.25) is 9.88 Å². The zero-order valence-electron chi connectivity index (χ0n) is 12.8. The summed E-state index contributed by atoms with van der Waals surface area (Å²) in [5.41, 5.74) is 2.91. The molecule has 2 aromatic rings. The van der Waals surface area contributed by atoms with Crippen molar-refractivity contribution in [2.75, 3.05) is 31.1 Å². The molecular weight excluding hydrogens is 262 g/mol. The molecule has 0 bridgehead atoms. The van der Waals surface area contributed by atoms with Crippen LogP contribution in [0, 0.1) is 0 Å². The zero-order valence-corrected chi connectivity index (χ0v) is 12.8. The van der Waals surface area contributed by atoms with Crippen LogP contribution in [-0.2, 0) is 6.61 Å². The van der Waals surface area contributed by atoms with Crippen molar-refractivity contribution in [3.05, 3.63) is 36.0 Å². The predicted octanol–water partition coefficient (Wildman–Crippen LogP) is 2.26. The van der Waals surface area contributed by atoms with Crippen LogP contribution in [0.4, 0.5) is 5.69 Å². The molecule has 1 aliphatic heterocycles. The van der Waals surface area contributed by atoms with Gasteiger partial charge in [0, 0.05) is 36.7 Å². The van der Waals surface area contributed by atoms with E-state index in [4.69, 9.17) is 0 Å². The lowest BCUT2D eigenvalue weighted by molar-refractivity contribution is 0.199. The lowest BCUT2D eigenvalue weighted by Crippen LogP contribution is -2.51. The van der Waals surface area contributed by atoms with Crippen LogP contribution in [0.5, 0.6) is 0 Å². The number of fused-ring (bicyclic) bond motifs is 1. The molecule has 0 saturated carbocycles. The zero-order chi connectivity index (χ0) is 14.8. The van der Waals surface area contributed by atoms with E-state index >= 15 is 0 Å². The lowest BCUT2D eigenvalue weighted by atomic mass is 10.1. The van der Waals surface area contributed by atoms with Crippen LogP contribution in [0.3, 0.4) is 0 Å². The molecule has 21 heavy (non-hydrogen) atoms. The van der Waals surface area contributed by atoms with E-state index in [0.29, 0.717) is 6.04 Å². The van der Waals surface area contributed by atoms with E-state index in [9.17, 15) is 5.11 Å².